The number of halogens is 1. The van der Waals surface area contributed by atoms with E-state index < -0.39 is 6.17 Å². The van der Waals surface area contributed by atoms with Crippen molar-refractivity contribution in [1.29, 1.82) is 0 Å². The highest BCUT2D eigenvalue weighted by atomic mass is 19.1. The Kier molecular flexibility index (Phi) is 1.88. The van der Waals surface area contributed by atoms with Crippen LogP contribution in [0.2, 0.25) is 0 Å². The predicted octanol–water partition coefficient (Wildman–Crippen LogP) is 1.86. The molecule has 0 aromatic carbocycles. The van der Waals surface area contributed by atoms with Gasteiger partial charge in [-0.25, -0.2) is 4.39 Å². The third-order valence-corrected chi connectivity index (χ3v) is 3.08. The Labute approximate surface area is 67.2 Å². The summed E-state index contributed by atoms with van der Waals surface area (Å²) in [6.45, 7) is 0. The largest absolute Gasteiger partial charge is 0.328 e. The van der Waals surface area contributed by atoms with E-state index in [1.807, 2.05) is 0 Å². The summed E-state index contributed by atoms with van der Waals surface area (Å²) in [4.78, 5) is 0. The van der Waals surface area contributed by atoms with Crippen LogP contribution in [0.3, 0.4) is 0 Å². The molecule has 2 aliphatic rings. The maximum Gasteiger partial charge on any atom is 0.103 e. The van der Waals surface area contributed by atoms with Gasteiger partial charge in [0.15, 0.2) is 0 Å². The maximum atomic E-state index is 13.3. The molecule has 0 aromatic heterocycles. The normalized spacial score (nSPS) is 45.8. The van der Waals surface area contributed by atoms with Crippen LogP contribution in [0.5, 0.6) is 0 Å². The lowest BCUT2D eigenvalue weighted by molar-refractivity contribution is 0.135. The van der Waals surface area contributed by atoms with E-state index in [1.165, 1.54) is 12.8 Å². The average Bonchev–Trinajstić information content (AvgIpc) is 2.76. The van der Waals surface area contributed by atoms with Gasteiger partial charge in [-0.2, -0.15) is 0 Å². The Hall–Kier alpha value is -0.110. The average molecular weight is 157 g/mol. The second kappa shape index (κ2) is 2.74. The third-order valence-electron chi connectivity index (χ3n) is 3.08. The first-order valence-electron chi connectivity index (χ1n) is 4.67. The lowest BCUT2D eigenvalue weighted by Gasteiger charge is -2.29. The minimum atomic E-state index is -0.540. The van der Waals surface area contributed by atoms with E-state index in [0.717, 1.165) is 12.8 Å². The smallest absolute Gasteiger partial charge is 0.103 e. The molecule has 2 fully saturated rings. The first-order valence-corrected chi connectivity index (χ1v) is 4.67. The second-order valence-corrected chi connectivity index (χ2v) is 4.09. The molecule has 0 aliphatic heterocycles. The van der Waals surface area contributed by atoms with E-state index in [1.54, 1.807) is 0 Å². The Balaban J connectivity index is 1.93. The quantitative estimate of drug-likeness (QED) is 0.617. The van der Waals surface area contributed by atoms with E-state index in [2.05, 4.69) is 0 Å². The summed E-state index contributed by atoms with van der Waals surface area (Å²) in [5.74, 6) is 1.01. The van der Waals surface area contributed by atoms with Crippen molar-refractivity contribution in [2.75, 3.05) is 0 Å². The minimum absolute atomic E-state index is 0.285. The zero-order valence-corrected chi connectivity index (χ0v) is 6.80. The molecule has 0 saturated heterocycles. The fourth-order valence-electron chi connectivity index (χ4n) is 2.21. The van der Waals surface area contributed by atoms with E-state index in [0.29, 0.717) is 18.3 Å². The fraction of sp³-hybridized carbons (Fsp3) is 1.00. The summed E-state index contributed by atoms with van der Waals surface area (Å²) in [5, 5.41) is 0. The molecule has 3 unspecified atom stereocenters. The molecule has 2 heteroatoms. The molecule has 2 saturated carbocycles. The van der Waals surface area contributed by atoms with E-state index in [4.69, 9.17) is 5.73 Å². The summed E-state index contributed by atoms with van der Waals surface area (Å²) in [6.07, 6.45) is 4.50. The zero-order chi connectivity index (χ0) is 7.84. The summed E-state index contributed by atoms with van der Waals surface area (Å²) in [5.41, 5.74) is 5.79. The first kappa shape index (κ1) is 7.53. The molecule has 0 amide bonds. The van der Waals surface area contributed by atoms with Gasteiger partial charge in [0.1, 0.15) is 6.17 Å². The van der Waals surface area contributed by atoms with Crippen molar-refractivity contribution in [3.05, 3.63) is 0 Å². The lowest BCUT2D eigenvalue weighted by atomic mass is 9.82. The molecular formula is C9H16FN. The van der Waals surface area contributed by atoms with Crippen LogP contribution in [0.25, 0.3) is 0 Å². The summed E-state index contributed by atoms with van der Waals surface area (Å²) in [7, 11) is 0. The van der Waals surface area contributed by atoms with Gasteiger partial charge in [0.2, 0.25) is 0 Å². The van der Waals surface area contributed by atoms with Gasteiger partial charge in [-0.15, -0.1) is 0 Å². The molecule has 64 valence electrons. The van der Waals surface area contributed by atoms with Gasteiger partial charge in [-0.1, -0.05) is 0 Å². The first-order chi connectivity index (χ1) is 5.27. The topological polar surface area (TPSA) is 26.0 Å². The SMILES string of the molecule is NC1CCC(F)C(C2CC2)C1. The van der Waals surface area contributed by atoms with E-state index >= 15 is 0 Å². The molecule has 2 N–H and O–H groups in total. The van der Waals surface area contributed by atoms with Gasteiger partial charge in [0.05, 0.1) is 0 Å². The van der Waals surface area contributed by atoms with Crippen LogP contribution in [0.1, 0.15) is 32.1 Å². The van der Waals surface area contributed by atoms with E-state index in [-0.39, 0.29) is 6.04 Å². The highest BCUT2D eigenvalue weighted by Gasteiger charge is 2.39. The van der Waals surface area contributed by atoms with Crippen LogP contribution >= 0.6 is 0 Å². The predicted molar refractivity (Wildman–Crippen MR) is 42.9 cm³/mol. The molecule has 2 aliphatic carbocycles. The summed E-state index contributed by atoms with van der Waals surface area (Å²) >= 11 is 0. The lowest BCUT2D eigenvalue weighted by Crippen LogP contribution is -2.35. The molecule has 0 radical (unpaired) electrons. The van der Waals surface area contributed by atoms with Gasteiger partial charge >= 0.3 is 0 Å². The van der Waals surface area contributed by atoms with E-state index in [9.17, 15) is 4.39 Å². The van der Waals surface area contributed by atoms with Crippen molar-refractivity contribution in [3.63, 3.8) is 0 Å². The molecule has 11 heavy (non-hydrogen) atoms. The minimum Gasteiger partial charge on any atom is -0.328 e. The van der Waals surface area contributed by atoms with Crippen molar-refractivity contribution in [2.24, 2.45) is 17.6 Å². The van der Waals surface area contributed by atoms with Crippen LogP contribution in [0.4, 0.5) is 4.39 Å². The molecule has 0 spiro atoms. The number of hydrogen-bond donors (Lipinski definition) is 1. The van der Waals surface area contributed by atoms with Crippen molar-refractivity contribution in [2.45, 2.75) is 44.3 Å². The molecule has 0 aromatic rings. The Bertz CT molecular complexity index is 144. The second-order valence-electron chi connectivity index (χ2n) is 4.09. The Morgan fingerprint density at radius 3 is 2.45 bits per heavy atom. The number of nitrogens with two attached hydrogens (primary N) is 1. The van der Waals surface area contributed by atoms with Gasteiger partial charge in [0, 0.05) is 6.04 Å². The van der Waals surface area contributed by atoms with Crippen molar-refractivity contribution < 1.29 is 4.39 Å². The van der Waals surface area contributed by atoms with Crippen molar-refractivity contribution >= 4 is 0 Å². The molecule has 3 atom stereocenters. The number of alkyl halides is 1. The van der Waals surface area contributed by atoms with Crippen LogP contribution < -0.4 is 5.73 Å². The monoisotopic (exact) mass is 157 g/mol. The fourth-order valence-corrected chi connectivity index (χ4v) is 2.21. The standard InChI is InChI=1S/C9H16FN/c10-9-4-3-7(11)5-8(9)6-1-2-6/h6-9H,1-5,11H2. The summed E-state index contributed by atoms with van der Waals surface area (Å²) < 4.78 is 13.3. The highest BCUT2D eigenvalue weighted by molar-refractivity contribution is 4.91. The Morgan fingerprint density at radius 1 is 1.09 bits per heavy atom. The van der Waals surface area contributed by atoms with Gasteiger partial charge in [0.25, 0.3) is 0 Å². The molecular weight excluding hydrogens is 141 g/mol. The van der Waals surface area contributed by atoms with Crippen molar-refractivity contribution in [3.8, 4) is 0 Å². The van der Waals surface area contributed by atoms with Crippen LogP contribution in [0.15, 0.2) is 0 Å². The van der Waals surface area contributed by atoms with Gasteiger partial charge < -0.3 is 5.73 Å². The Morgan fingerprint density at radius 2 is 1.82 bits per heavy atom. The summed E-state index contributed by atoms with van der Waals surface area (Å²) in [6, 6.07) is 0.285. The van der Waals surface area contributed by atoms with Crippen LogP contribution in [-0.2, 0) is 0 Å². The molecule has 1 nitrogen and oxygen atoms in total. The molecule has 0 bridgehead atoms. The molecule has 0 heterocycles. The third kappa shape index (κ3) is 1.56. The zero-order valence-electron chi connectivity index (χ0n) is 6.80. The number of hydrogen-bond acceptors (Lipinski definition) is 1. The molecule has 2 rings (SSSR count). The van der Waals surface area contributed by atoms with Crippen LogP contribution in [0, 0.1) is 11.8 Å². The highest BCUT2D eigenvalue weighted by Crippen LogP contribution is 2.44. The van der Waals surface area contributed by atoms with Crippen molar-refractivity contribution in [1.82, 2.24) is 0 Å². The maximum absolute atomic E-state index is 13.3. The van der Waals surface area contributed by atoms with Gasteiger partial charge in [-0.05, 0) is 43.9 Å². The number of rotatable bonds is 1. The van der Waals surface area contributed by atoms with Crippen LogP contribution in [-0.4, -0.2) is 12.2 Å². The van der Waals surface area contributed by atoms with Gasteiger partial charge in [-0.3, -0.25) is 0 Å².